The smallest absolute Gasteiger partial charge is 0.346 e. The molecule has 1 aromatic carbocycles. The number of amides is 1. The van der Waals surface area contributed by atoms with Crippen molar-refractivity contribution in [3.63, 3.8) is 0 Å². The first-order chi connectivity index (χ1) is 10.5. The van der Waals surface area contributed by atoms with Crippen molar-refractivity contribution < 1.29 is 19.1 Å². The quantitative estimate of drug-likeness (QED) is 0.498. The molecule has 1 aromatic rings. The zero-order chi connectivity index (χ0) is 16.5. The van der Waals surface area contributed by atoms with Crippen molar-refractivity contribution in [2.24, 2.45) is 0 Å². The van der Waals surface area contributed by atoms with E-state index in [1.165, 1.54) is 20.1 Å². The SMILES string of the molecule is C=C/C(=C\C=C(/C)OC(=O)c1ccccc1OC)NC(C)=O. The van der Waals surface area contributed by atoms with Crippen LogP contribution in [0.4, 0.5) is 0 Å². The van der Waals surface area contributed by atoms with E-state index in [0.29, 0.717) is 22.8 Å². The first kappa shape index (κ1) is 17.2. The molecule has 0 heterocycles. The van der Waals surface area contributed by atoms with E-state index in [1.807, 2.05) is 0 Å². The fraction of sp³-hybridized carbons (Fsp3) is 0.176. The Morgan fingerprint density at radius 1 is 1.18 bits per heavy atom. The van der Waals surface area contributed by atoms with Gasteiger partial charge in [0.05, 0.1) is 7.11 Å². The van der Waals surface area contributed by atoms with Crippen LogP contribution in [0, 0.1) is 0 Å². The van der Waals surface area contributed by atoms with Crippen molar-refractivity contribution >= 4 is 11.9 Å². The average molecular weight is 301 g/mol. The third-order valence-corrected chi connectivity index (χ3v) is 2.62. The number of carbonyl (C=O) groups excluding carboxylic acids is 2. The number of rotatable bonds is 6. The number of hydrogen-bond donors (Lipinski definition) is 1. The van der Waals surface area contributed by atoms with Gasteiger partial charge in [0.15, 0.2) is 0 Å². The van der Waals surface area contributed by atoms with Gasteiger partial charge < -0.3 is 14.8 Å². The van der Waals surface area contributed by atoms with Crippen molar-refractivity contribution in [1.82, 2.24) is 5.32 Å². The Morgan fingerprint density at radius 3 is 2.45 bits per heavy atom. The maximum absolute atomic E-state index is 12.1. The van der Waals surface area contributed by atoms with Gasteiger partial charge in [0.25, 0.3) is 0 Å². The number of para-hydroxylation sites is 1. The van der Waals surface area contributed by atoms with E-state index in [9.17, 15) is 9.59 Å². The Kier molecular flexibility index (Phi) is 6.63. The van der Waals surface area contributed by atoms with Crippen LogP contribution in [-0.4, -0.2) is 19.0 Å². The van der Waals surface area contributed by atoms with E-state index in [0.717, 1.165) is 0 Å². The number of allylic oxidation sites excluding steroid dienone is 4. The normalized spacial score (nSPS) is 11.6. The van der Waals surface area contributed by atoms with Crippen LogP contribution in [0.5, 0.6) is 5.75 Å². The summed E-state index contributed by atoms with van der Waals surface area (Å²) in [5.74, 6) is 0.101. The molecular formula is C17H19NO4. The molecule has 0 bridgehead atoms. The summed E-state index contributed by atoms with van der Waals surface area (Å²) in [4.78, 5) is 23.0. The maximum atomic E-state index is 12.1. The lowest BCUT2D eigenvalue weighted by molar-refractivity contribution is -0.118. The summed E-state index contributed by atoms with van der Waals surface area (Å²) < 4.78 is 10.3. The summed E-state index contributed by atoms with van der Waals surface area (Å²) in [5, 5.41) is 2.59. The van der Waals surface area contributed by atoms with Gasteiger partial charge in [-0.1, -0.05) is 18.7 Å². The van der Waals surface area contributed by atoms with Crippen LogP contribution in [0.25, 0.3) is 0 Å². The Hall–Kier alpha value is -2.82. The molecule has 0 fully saturated rings. The second kappa shape index (κ2) is 8.46. The number of methoxy groups -OCH3 is 1. The Labute approximate surface area is 129 Å². The zero-order valence-corrected chi connectivity index (χ0v) is 12.9. The van der Waals surface area contributed by atoms with E-state index in [2.05, 4.69) is 11.9 Å². The van der Waals surface area contributed by atoms with Crippen molar-refractivity contribution in [2.75, 3.05) is 7.11 Å². The minimum atomic E-state index is -0.515. The van der Waals surface area contributed by atoms with E-state index < -0.39 is 5.97 Å². The lowest BCUT2D eigenvalue weighted by atomic mass is 10.2. The van der Waals surface area contributed by atoms with Crippen LogP contribution in [-0.2, 0) is 9.53 Å². The first-order valence-corrected chi connectivity index (χ1v) is 6.61. The Balaban J connectivity index is 2.82. The summed E-state index contributed by atoms with van der Waals surface area (Å²) in [6, 6.07) is 6.80. The largest absolute Gasteiger partial charge is 0.496 e. The average Bonchev–Trinajstić information content (AvgIpc) is 2.50. The Morgan fingerprint density at radius 2 is 1.86 bits per heavy atom. The topological polar surface area (TPSA) is 64.6 Å². The highest BCUT2D eigenvalue weighted by atomic mass is 16.5. The van der Waals surface area contributed by atoms with Crippen LogP contribution < -0.4 is 10.1 Å². The second-order valence-electron chi connectivity index (χ2n) is 4.37. The van der Waals surface area contributed by atoms with E-state index >= 15 is 0 Å². The molecule has 0 unspecified atom stereocenters. The van der Waals surface area contributed by atoms with E-state index in [1.54, 1.807) is 43.3 Å². The number of nitrogens with one attached hydrogen (secondary N) is 1. The standard InChI is InChI=1S/C17H19NO4/c1-5-14(18-13(3)19)11-10-12(2)22-17(20)15-8-6-7-9-16(15)21-4/h5-11H,1H2,2-4H3,(H,18,19)/b12-10+,14-11+. The van der Waals surface area contributed by atoms with Crippen LogP contribution in [0.2, 0.25) is 0 Å². The molecule has 0 saturated carbocycles. The van der Waals surface area contributed by atoms with Gasteiger partial charge in [-0.3, -0.25) is 4.79 Å². The van der Waals surface area contributed by atoms with Crippen molar-refractivity contribution in [3.05, 3.63) is 66.1 Å². The molecule has 0 aromatic heterocycles. The molecule has 1 N–H and O–H groups in total. The van der Waals surface area contributed by atoms with Crippen LogP contribution in [0.15, 0.2) is 60.5 Å². The van der Waals surface area contributed by atoms with Crippen LogP contribution in [0.3, 0.4) is 0 Å². The molecule has 5 nitrogen and oxygen atoms in total. The number of ether oxygens (including phenoxy) is 2. The molecule has 0 radical (unpaired) electrons. The minimum Gasteiger partial charge on any atom is -0.496 e. The number of hydrogen-bond acceptors (Lipinski definition) is 4. The van der Waals surface area contributed by atoms with Crippen molar-refractivity contribution in [2.45, 2.75) is 13.8 Å². The molecule has 1 amide bonds. The van der Waals surface area contributed by atoms with Gasteiger partial charge in [0.1, 0.15) is 17.1 Å². The highest BCUT2D eigenvalue weighted by Gasteiger charge is 2.13. The van der Waals surface area contributed by atoms with Gasteiger partial charge in [-0.25, -0.2) is 4.79 Å². The summed E-state index contributed by atoms with van der Waals surface area (Å²) in [6.45, 7) is 6.62. The van der Waals surface area contributed by atoms with Gasteiger partial charge in [-0.15, -0.1) is 0 Å². The minimum absolute atomic E-state index is 0.205. The second-order valence-corrected chi connectivity index (χ2v) is 4.37. The molecule has 5 heteroatoms. The lowest BCUT2D eigenvalue weighted by Gasteiger charge is -2.08. The Bertz CT molecular complexity index is 629. The number of benzene rings is 1. The predicted molar refractivity (Wildman–Crippen MR) is 84.3 cm³/mol. The maximum Gasteiger partial charge on any atom is 0.346 e. The van der Waals surface area contributed by atoms with Crippen LogP contribution in [0.1, 0.15) is 24.2 Å². The molecule has 0 atom stereocenters. The monoisotopic (exact) mass is 301 g/mol. The third-order valence-electron chi connectivity index (χ3n) is 2.62. The molecule has 0 spiro atoms. The van der Waals surface area contributed by atoms with E-state index in [4.69, 9.17) is 9.47 Å². The summed E-state index contributed by atoms with van der Waals surface area (Å²) in [5.41, 5.74) is 0.854. The van der Waals surface area contributed by atoms with Gasteiger partial charge >= 0.3 is 5.97 Å². The predicted octanol–water partition coefficient (Wildman–Crippen LogP) is 2.96. The van der Waals surface area contributed by atoms with Crippen molar-refractivity contribution in [3.8, 4) is 5.75 Å². The molecule has 22 heavy (non-hydrogen) atoms. The number of esters is 1. The number of carbonyl (C=O) groups is 2. The van der Waals surface area contributed by atoms with Gasteiger partial charge in [0.2, 0.25) is 5.91 Å². The first-order valence-electron chi connectivity index (χ1n) is 6.61. The molecular weight excluding hydrogens is 282 g/mol. The van der Waals surface area contributed by atoms with Crippen molar-refractivity contribution in [1.29, 1.82) is 0 Å². The van der Waals surface area contributed by atoms with Gasteiger partial charge in [-0.05, 0) is 37.3 Å². The molecule has 0 aliphatic rings. The van der Waals surface area contributed by atoms with E-state index in [-0.39, 0.29) is 5.91 Å². The fourth-order valence-electron chi connectivity index (χ4n) is 1.62. The molecule has 0 aliphatic heterocycles. The molecule has 0 saturated heterocycles. The highest BCUT2D eigenvalue weighted by molar-refractivity contribution is 5.93. The highest BCUT2D eigenvalue weighted by Crippen LogP contribution is 2.19. The third kappa shape index (κ3) is 5.28. The van der Waals surface area contributed by atoms with Gasteiger partial charge in [0, 0.05) is 12.6 Å². The summed E-state index contributed by atoms with van der Waals surface area (Å²) in [6.07, 6.45) is 4.66. The molecule has 1 rings (SSSR count). The molecule has 0 aliphatic carbocycles. The lowest BCUT2D eigenvalue weighted by Crippen LogP contribution is -2.17. The molecule has 116 valence electrons. The summed E-state index contributed by atoms with van der Waals surface area (Å²) >= 11 is 0. The summed E-state index contributed by atoms with van der Waals surface area (Å²) in [7, 11) is 1.49. The van der Waals surface area contributed by atoms with Crippen LogP contribution >= 0.6 is 0 Å². The van der Waals surface area contributed by atoms with Gasteiger partial charge in [-0.2, -0.15) is 0 Å². The zero-order valence-electron chi connectivity index (χ0n) is 12.9. The fourth-order valence-corrected chi connectivity index (χ4v) is 1.62.